The predicted molar refractivity (Wildman–Crippen MR) is 108 cm³/mol. The number of thiocarbonyl (C=S) groups is 2. The molecule has 0 aliphatic heterocycles. The van der Waals surface area contributed by atoms with Crippen LogP contribution in [-0.2, 0) is 0 Å². The molecule has 4 heteroatoms. The fourth-order valence-corrected chi connectivity index (χ4v) is 3.98. The van der Waals surface area contributed by atoms with Crippen LogP contribution in [0.4, 0.5) is 0 Å². The maximum absolute atomic E-state index is 5.58. The fraction of sp³-hybridized carbons (Fsp3) is 0.889. The lowest BCUT2D eigenvalue weighted by molar-refractivity contribution is 0.151. The first-order valence-corrected chi connectivity index (χ1v) is 9.62. The molecular weight excluding hydrogens is 308 g/mol. The van der Waals surface area contributed by atoms with E-state index in [9.17, 15) is 0 Å². The quantitative estimate of drug-likeness (QED) is 0.563. The average molecular weight is 345 g/mol. The van der Waals surface area contributed by atoms with Gasteiger partial charge in [0.15, 0.2) is 0 Å². The van der Waals surface area contributed by atoms with Crippen molar-refractivity contribution in [2.24, 2.45) is 5.92 Å². The number of nitrogens with zero attached hydrogens (tertiary/aromatic N) is 2. The van der Waals surface area contributed by atoms with Crippen molar-refractivity contribution in [3.05, 3.63) is 0 Å². The monoisotopic (exact) mass is 344 g/mol. The molecular formula is C18H36N2S2. The lowest BCUT2D eigenvalue weighted by atomic mass is 9.70. The summed E-state index contributed by atoms with van der Waals surface area (Å²) in [7, 11) is 4.42. The van der Waals surface area contributed by atoms with E-state index in [0.29, 0.717) is 5.92 Å². The third-order valence-electron chi connectivity index (χ3n) is 4.24. The molecule has 1 rings (SSSR count). The Bertz CT molecular complexity index is 355. The van der Waals surface area contributed by atoms with Crippen LogP contribution < -0.4 is 0 Å². The first kappa shape index (κ1) is 22.1. The molecule has 22 heavy (non-hydrogen) atoms. The molecule has 1 atom stereocenters. The van der Waals surface area contributed by atoms with Gasteiger partial charge < -0.3 is 4.90 Å². The summed E-state index contributed by atoms with van der Waals surface area (Å²) in [6.07, 6.45) is 4.54. The van der Waals surface area contributed by atoms with Crippen molar-refractivity contribution < 1.29 is 0 Å². The summed E-state index contributed by atoms with van der Waals surface area (Å²) in [6.45, 7) is 14.2. The molecule has 2 nitrogen and oxygen atoms in total. The molecule has 0 aromatic heterocycles. The van der Waals surface area contributed by atoms with Gasteiger partial charge in [-0.25, -0.2) is 0 Å². The van der Waals surface area contributed by atoms with Gasteiger partial charge in [-0.3, -0.25) is 4.90 Å². The molecule has 0 spiro atoms. The topological polar surface area (TPSA) is 6.48 Å². The third-order valence-corrected chi connectivity index (χ3v) is 5.35. The number of hydrogen-bond donors (Lipinski definition) is 0. The van der Waals surface area contributed by atoms with Crippen molar-refractivity contribution in [2.75, 3.05) is 33.7 Å². The van der Waals surface area contributed by atoms with E-state index in [1.807, 2.05) is 13.8 Å². The Balaban J connectivity index is 0.00000211. The lowest BCUT2D eigenvalue weighted by Gasteiger charge is -2.51. The third kappa shape index (κ3) is 5.95. The number of hydrogen-bond acceptors (Lipinski definition) is 4. The molecule has 0 heterocycles. The van der Waals surface area contributed by atoms with E-state index >= 15 is 0 Å². The molecule has 130 valence electrons. The standard InChI is InChI=1S/C16H30N2S2.C2H6/c1-6-8-17(4)9-7-10-18(5)16(11-13(2)3)12-14(19)15(16)20;1-2/h13H,6-12H2,1-5H3;1-2H3. The molecule has 1 saturated carbocycles. The Labute approximate surface area is 149 Å². The zero-order chi connectivity index (χ0) is 17.3. The van der Waals surface area contributed by atoms with Crippen molar-refractivity contribution >= 4 is 34.2 Å². The second-order valence-corrected chi connectivity index (χ2v) is 7.54. The molecule has 0 amide bonds. The normalized spacial score (nSPS) is 21.2. The van der Waals surface area contributed by atoms with Gasteiger partial charge >= 0.3 is 0 Å². The van der Waals surface area contributed by atoms with E-state index in [1.165, 1.54) is 19.4 Å². The minimum atomic E-state index is 0.0733. The Morgan fingerprint density at radius 3 is 2.09 bits per heavy atom. The van der Waals surface area contributed by atoms with Crippen molar-refractivity contribution in [2.45, 2.75) is 65.8 Å². The van der Waals surface area contributed by atoms with E-state index in [4.69, 9.17) is 24.4 Å². The summed E-state index contributed by atoms with van der Waals surface area (Å²) in [5.41, 5.74) is 0.0733. The fourth-order valence-electron chi connectivity index (χ4n) is 3.17. The molecule has 0 radical (unpaired) electrons. The van der Waals surface area contributed by atoms with Gasteiger partial charge in [0.05, 0.1) is 5.54 Å². The highest BCUT2D eigenvalue weighted by Crippen LogP contribution is 2.38. The summed E-state index contributed by atoms with van der Waals surface area (Å²) < 4.78 is 0. The van der Waals surface area contributed by atoms with Crippen LogP contribution in [0.3, 0.4) is 0 Å². The van der Waals surface area contributed by atoms with Gasteiger partial charge in [0, 0.05) is 16.1 Å². The van der Waals surface area contributed by atoms with Crippen LogP contribution in [0.1, 0.15) is 60.3 Å². The largest absolute Gasteiger partial charge is 0.306 e. The van der Waals surface area contributed by atoms with Crippen molar-refractivity contribution in [1.82, 2.24) is 9.80 Å². The lowest BCUT2D eigenvalue weighted by Crippen LogP contribution is -2.64. The van der Waals surface area contributed by atoms with Gasteiger partial charge in [0.2, 0.25) is 0 Å². The van der Waals surface area contributed by atoms with Crippen LogP contribution in [-0.4, -0.2) is 58.8 Å². The van der Waals surface area contributed by atoms with Crippen LogP contribution in [0.15, 0.2) is 0 Å². The number of rotatable bonds is 9. The van der Waals surface area contributed by atoms with Crippen molar-refractivity contribution in [3.63, 3.8) is 0 Å². The van der Waals surface area contributed by atoms with E-state index in [2.05, 4.69) is 44.7 Å². The second-order valence-electron chi connectivity index (χ2n) is 6.64. The van der Waals surface area contributed by atoms with Gasteiger partial charge in [-0.2, -0.15) is 0 Å². The molecule has 0 aromatic rings. The zero-order valence-corrected chi connectivity index (χ0v) is 17.4. The highest BCUT2D eigenvalue weighted by Gasteiger charge is 2.49. The van der Waals surface area contributed by atoms with Crippen LogP contribution >= 0.6 is 24.4 Å². The van der Waals surface area contributed by atoms with Crippen molar-refractivity contribution in [3.8, 4) is 0 Å². The molecule has 0 bridgehead atoms. The van der Waals surface area contributed by atoms with E-state index < -0.39 is 0 Å². The van der Waals surface area contributed by atoms with E-state index in [0.717, 1.165) is 35.7 Å². The molecule has 1 unspecified atom stereocenters. The minimum absolute atomic E-state index is 0.0733. The van der Waals surface area contributed by atoms with E-state index in [1.54, 1.807) is 0 Å². The summed E-state index contributed by atoms with van der Waals surface area (Å²) in [6, 6.07) is 0. The maximum atomic E-state index is 5.58. The van der Waals surface area contributed by atoms with Crippen LogP contribution in [0.2, 0.25) is 0 Å². The average Bonchev–Trinajstić information content (AvgIpc) is 2.47. The Hall–Kier alpha value is 0.100. The SMILES string of the molecule is CC.CCCN(C)CCCN(C)C1(CC(C)C)CC(=S)C1=S. The van der Waals surface area contributed by atoms with Crippen LogP contribution in [0.5, 0.6) is 0 Å². The van der Waals surface area contributed by atoms with Crippen LogP contribution in [0.25, 0.3) is 0 Å². The van der Waals surface area contributed by atoms with Crippen molar-refractivity contribution in [1.29, 1.82) is 0 Å². The minimum Gasteiger partial charge on any atom is -0.306 e. The first-order chi connectivity index (χ1) is 10.3. The summed E-state index contributed by atoms with van der Waals surface area (Å²) in [5, 5.41) is 0. The van der Waals surface area contributed by atoms with Gasteiger partial charge in [-0.1, -0.05) is 59.1 Å². The van der Waals surface area contributed by atoms with Crippen LogP contribution in [0, 0.1) is 5.92 Å². The maximum Gasteiger partial charge on any atom is 0.0622 e. The van der Waals surface area contributed by atoms with Gasteiger partial charge in [-0.15, -0.1) is 0 Å². The van der Waals surface area contributed by atoms with Gasteiger partial charge in [0.25, 0.3) is 0 Å². The molecule has 1 aliphatic carbocycles. The van der Waals surface area contributed by atoms with E-state index in [-0.39, 0.29) is 5.54 Å². The smallest absolute Gasteiger partial charge is 0.0622 e. The summed E-state index contributed by atoms with van der Waals surface area (Å²) in [4.78, 5) is 6.92. The Kier molecular flexibility index (Phi) is 10.8. The van der Waals surface area contributed by atoms with Gasteiger partial charge in [-0.05, 0) is 58.9 Å². The Morgan fingerprint density at radius 2 is 1.68 bits per heavy atom. The molecule has 1 aliphatic rings. The molecule has 0 N–H and O–H groups in total. The first-order valence-electron chi connectivity index (χ1n) is 8.81. The summed E-state index contributed by atoms with van der Waals surface area (Å²) in [5.74, 6) is 0.654. The predicted octanol–water partition coefficient (Wildman–Crippen LogP) is 4.60. The zero-order valence-electron chi connectivity index (χ0n) is 15.7. The molecule has 1 fully saturated rings. The van der Waals surface area contributed by atoms with Gasteiger partial charge in [0.1, 0.15) is 0 Å². The molecule has 0 saturated heterocycles. The Morgan fingerprint density at radius 1 is 1.09 bits per heavy atom. The summed E-state index contributed by atoms with van der Waals surface area (Å²) >= 11 is 10.9. The second kappa shape index (κ2) is 10.8. The highest BCUT2D eigenvalue weighted by molar-refractivity contribution is 7.90. The molecule has 0 aromatic carbocycles. The highest BCUT2D eigenvalue weighted by atomic mass is 32.1.